The normalized spacial score (nSPS) is 17.8. The Balaban J connectivity index is 1.71. The van der Waals surface area contributed by atoms with Crippen LogP contribution in [0.3, 0.4) is 0 Å². The van der Waals surface area contributed by atoms with E-state index in [1.807, 2.05) is 6.07 Å². The van der Waals surface area contributed by atoms with E-state index in [1.54, 1.807) is 30.3 Å². The van der Waals surface area contributed by atoms with Crippen molar-refractivity contribution in [2.45, 2.75) is 11.0 Å². The van der Waals surface area contributed by atoms with Crippen LogP contribution in [0.25, 0.3) is 10.9 Å². The van der Waals surface area contributed by atoms with Crippen molar-refractivity contribution in [3.05, 3.63) is 58.3 Å². The fourth-order valence-electron chi connectivity index (χ4n) is 3.26. The lowest BCUT2D eigenvalue weighted by molar-refractivity contribution is 0.0396. The first-order valence-corrected chi connectivity index (χ1v) is 11.2. The highest BCUT2D eigenvalue weighted by Crippen LogP contribution is 2.32. The molecule has 146 valence electrons. The van der Waals surface area contributed by atoms with Gasteiger partial charge in [-0.2, -0.15) is 0 Å². The molecule has 1 fully saturated rings. The minimum absolute atomic E-state index is 0.202. The largest absolute Gasteiger partial charge is 0.370 e. The number of fused-ring (bicyclic) bond motifs is 1. The van der Waals surface area contributed by atoms with Crippen LogP contribution in [0.15, 0.2) is 47.6 Å². The molecule has 1 atom stereocenters. The third-order valence-corrected chi connectivity index (χ3v) is 6.54. The van der Waals surface area contributed by atoms with Crippen molar-refractivity contribution in [1.29, 1.82) is 0 Å². The summed E-state index contributed by atoms with van der Waals surface area (Å²) in [6.45, 7) is 1.68. The van der Waals surface area contributed by atoms with Gasteiger partial charge in [0.2, 0.25) is 0 Å². The Bertz CT molecular complexity index is 1150. The molecule has 0 aliphatic carbocycles. The van der Waals surface area contributed by atoms with E-state index in [-0.39, 0.29) is 11.0 Å². The molecule has 0 spiro atoms. The Morgan fingerprint density at radius 1 is 1.11 bits per heavy atom. The van der Waals surface area contributed by atoms with Crippen LogP contribution in [-0.2, 0) is 14.6 Å². The van der Waals surface area contributed by atoms with E-state index in [2.05, 4.69) is 14.9 Å². The molecule has 28 heavy (non-hydrogen) atoms. The van der Waals surface area contributed by atoms with Gasteiger partial charge in [-0.15, -0.1) is 0 Å². The van der Waals surface area contributed by atoms with Crippen molar-refractivity contribution in [3.63, 3.8) is 0 Å². The molecule has 1 saturated heterocycles. The maximum Gasteiger partial charge on any atom is 0.175 e. The molecule has 1 aliphatic rings. The van der Waals surface area contributed by atoms with Crippen molar-refractivity contribution in [2.75, 3.05) is 30.9 Å². The number of aromatic nitrogens is 2. The van der Waals surface area contributed by atoms with Gasteiger partial charge >= 0.3 is 0 Å². The van der Waals surface area contributed by atoms with Gasteiger partial charge in [0.05, 0.1) is 27.1 Å². The van der Waals surface area contributed by atoms with Crippen LogP contribution in [0, 0.1) is 0 Å². The lowest BCUT2D eigenvalue weighted by atomic mass is 10.1. The van der Waals surface area contributed by atoms with Crippen LogP contribution in [0.5, 0.6) is 0 Å². The minimum Gasteiger partial charge on any atom is -0.370 e. The zero-order chi connectivity index (χ0) is 19.9. The number of hydrogen-bond acceptors (Lipinski definition) is 6. The molecule has 0 amide bonds. The summed E-state index contributed by atoms with van der Waals surface area (Å²) in [5.41, 5.74) is 1.62. The van der Waals surface area contributed by atoms with E-state index in [0.29, 0.717) is 46.5 Å². The maximum absolute atomic E-state index is 12.0. The average Bonchev–Trinajstić information content (AvgIpc) is 2.68. The van der Waals surface area contributed by atoms with Crippen molar-refractivity contribution in [1.82, 2.24) is 9.97 Å². The lowest BCUT2D eigenvalue weighted by Gasteiger charge is -2.34. The smallest absolute Gasteiger partial charge is 0.175 e. The lowest BCUT2D eigenvalue weighted by Crippen LogP contribution is -2.39. The topological polar surface area (TPSA) is 72.4 Å². The molecule has 2 aromatic carbocycles. The number of halogens is 2. The summed E-state index contributed by atoms with van der Waals surface area (Å²) in [5, 5.41) is 1.67. The van der Waals surface area contributed by atoms with Gasteiger partial charge in [0.15, 0.2) is 9.84 Å². The predicted molar refractivity (Wildman–Crippen MR) is 110 cm³/mol. The van der Waals surface area contributed by atoms with Crippen LogP contribution in [0.1, 0.15) is 11.7 Å². The number of benzene rings is 2. The van der Waals surface area contributed by atoms with E-state index in [1.165, 1.54) is 12.6 Å². The molecule has 0 radical (unpaired) electrons. The number of rotatable bonds is 3. The third kappa shape index (κ3) is 3.80. The molecule has 0 N–H and O–H groups in total. The first kappa shape index (κ1) is 19.4. The number of ether oxygens (including phenoxy) is 1. The zero-order valence-electron chi connectivity index (χ0n) is 15.0. The van der Waals surface area contributed by atoms with Crippen LogP contribution >= 0.6 is 23.2 Å². The summed E-state index contributed by atoms with van der Waals surface area (Å²) in [5.74, 6) is 0.684. The predicted octanol–water partition coefficient (Wildman–Crippen LogP) is 3.92. The Hall–Kier alpha value is -1.93. The summed E-state index contributed by atoms with van der Waals surface area (Å²) in [7, 11) is -3.33. The second-order valence-corrected chi connectivity index (χ2v) is 9.46. The van der Waals surface area contributed by atoms with Gasteiger partial charge in [-0.25, -0.2) is 18.4 Å². The second-order valence-electron chi connectivity index (χ2n) is 6.63. The zero-order valence-corrected chi connectivity index (χ0v) is 17.3. The van der Waals surface area contributed by atoms with Crippen LogP contribution in [-0.4, -0.2) is 44.3 Å². The Labute approximate surface area is 173 Å². The van der Waals surface area contributed by atoms with E-state index in [9.17, 15) is 8.42 Å². The molecule has 2 heterocycles. The highest BCUT2D eigenvalue weighted by molar-refractivity contribution is 7.90. The summed E-state index contributed by atoms with van der Waals surface area (Å²) in [4.78, 5) is 11.0. The van der Waals surface area contributed by atoms with Gasteiger partial charge < -0.3 is 9.64 Å². The van der Waals surface area contributed by atoms with Gasteiger partial charge in [-0.3, -0.25) is 0 Å². The quantitative estimate of drug-likeness (QED) is 0.618. The van der Waals surface area contributed by atoms with Gasteiger partial charge in [-0.1, -0.05) is 29.3 Å². The van der Waals surface area contributed by atoms with Gasteiger partial charge in [0, 0.05) is 24.7 Å². The first-order chi connectivity index (χ1) is 13.3. The van der Waals surface area contributed by atoms with Crippen LogP contribution in [0.2, 0.25) is 10.0 Å². The van der Waals surface area contributed by atoms with Crippen molar-refractivity contribution in [3.8, 4) is 0 Å². The number of morpholine rings is 1. The Morgan fingerprint density at radius 3 is 2.68 bits per heavy atom. The molecular formula is C19H17Cl2N3O3S. The molecular weight excluding hydrogens is 421 g/mol. The molecule has 1 unspecified atom stereocenters. The minimum atomic E-state index is -3.33. The molecule has 1 aliphatic heterocycles. The van der Waals surface area contributed by atoms with Gasteiger partial charge in [0.25, 0.3) is 0 Å². The third-order valence-electron chi connectivity index (χ3n) is 4.70. The summed E-state index contributed by atoms with van der Waals surface area (Å²) < 4.78 is 29.8. The van der Waals surface area contributed by atoms with Crippen molar-refractivity contribution < 1.29 is 13.2 Å². The van der Waals surface area contributed by atoms with Crippen molar-refractivity contribution >= 4 is 49.8 Å². The molecule has 0 bridgehead atoms. The van der Waals surface area contributed by atoms with Gasteiger partial charge in [-0.05, 0) is 35.9 Å². The number of nitrogens with zero attached hydrogens (tertiary/aromatic N) is 3. The fourth-order valence-corrected chi connectivity index (χ4v) is 4.21. The monoisotopic (exact) mass is 437 g/mol. The molecule has 9 heteroatoms. The van der Waals surface area contributed by atoms with E-state index in [4.69, 9.17) is 27.9 Å². The van der Waals surface area contributed by atoms with Gasteiger partial charge in [0.1, 0.15) is 18.2 Å². The highest BCUT2D eigenvalue weighted by atomic mass is 35.5. The summed E-state index contributed by atoms with van der Waals surface area (Å²) >= 11 is 12.2. The number of hydrogen-bond donors (Lipinski definition) is 0. The van der Waals surface area contributed by atoms with Crippen molar-refractivity contribution in [2.24, 2.45) is 0 Å². The van der Waals surface area contributed by atoms with Crippen LogP contribution in [0.4, 0.5) is 5.82 Å². The van der Waals surface area contributed by atoms with Crippen LogP contribution < -0.4 is 4.90 Å². The standard InChI is InChI=1S/C19H17Cl2N3O3S/c1-28(25,26)13-3-5-17-14(9-13)19(23-11-22-17)24-6-7-27-18(10-24)12-2-4-15(20)16(21)8-12/h2-5,8-9,11,18H,6-7,10H2,1H3. The second kappa shape index (κ2) is 7.48. The molecule has 6 nitrogen and oxygen atoms in total. The molecule has 1 aromatic heterocycles. The first-order valence-electron chi connectivity index (χ1n) is 8.59. The molecule has 0 saturated carbocycles. The van der Waals surface area contributed by atoms with E-state index >= 15 is 0 Å². The fraction of sp³-hybridized carbons (Fsp3) is 0.263. The highest BCUT2D eigenvalue weighted by Gasteiger charge is 2.25. The SMILES string of the molecule is CS(=O)(=O)c1ccc2ncnc(N3CCOC(c4ccc(Cl)c(Cl)c4)C3)c2c1. The number of anilines is 1. The average molecular weight is 438 g/mol. The Kier molecular flexibility index (Phi) is 5.18. The summed E-state index contributed by atoms with van der Waals surface area (Å²) in [6, 6.07) is 10.3. The maximum atomic E-state index is 12.0. The van der Waals surface area contributed by atoms with E-state index in [0.717, 1.165) is 5.56 Å². The molecule has 4 rings (SSSR count). The Morgan fingerprint density at radius 2 is 1.93 bits per heavy atom. The molecule has 3 aromatic rings. The number of sulfone groups is 1. The van der Waals surface area contributed by atoms with E-state index < -0.39 is 9.84 Å². The summed E-state index contributed by atoms with van der Waals surface area (Å²) in [6.07, 6.45) is 2.47.